The van der Waals surface area contributed by atoms with Gasteiger partial charge in [-0.2, -0.15) is 9.47 Å². The largest absolute Gasteiger partial charge is 0.358 e. The summed E-state index contributed by atoms with van der Waals surface area (Å²) in [7, 11) is 3.96. The van der Waals surface area contributed by atoms with Crippen molar-refractivity contribution in [3.63, 3.8) is 0 Å². The molecule has 0 radical (unpaired) electrons. The molecule has 0 spiro atoms. The van der Waals surface area contributed by atoms with E-state index in [2.05, 4.69) is 66.4 Å². The molecule has 2 aromatic heterocycles. The SMILES string of the molecule is Cc1cc(Br)cc(C)c1N(Cc1nsc(N(C)C)n1)Cc1ccn[nH]1. The highest BCUT2D eigenvalue weighted by atomic mass is 79.9. The molecule has 8 heteroatoms. The molecule has 1 N–H and O–H groups in total. The molecule has 132 valence electrons. The minimum Gasteiger partial charge on any atom is -0.358 e. The van der Waals surface area contributed by atoms with Crippen LogP contribution in [-0.2, 0) is 13.1 Å². The Bertz CT molecular complexity index is 820. The number of aromatic nitrogens is 4. The molecule has 3 aromatic rings. The van der Waals surface area contributed by atoms with E-state index >= 15 is 0 Å². The molecule has 2 heterocycles. The second-order valence-electron chi connectivity index (χ2n) is 6.21. The molecule has 0 aliphatic heterocycles. The fraction of sp³-hybridized carbons (Fsp3) is 0.353. The van der Waals surface area contributed by atoms with Crippen LogP contribution in [0.3, 0.4) is 0 Å². The summed E-state index contributed by atoms with van der Waals surface area (Å²) in [5.74, 6) is 0.829. The van der Waals surface area contributed by atoms with Gasteiger partial charge in [-0.3, -0.25) is 5.10 Å². The highest BCUT2D eigenvalue weighted by Crippen LogP contribution is 2.31. The number of anilines is 2. The summed E-state index contributed by atoms with van der Waals surface area (Å²) in [6.45, 7) is 5.63. The lowest BCUT2D eigenvalue weighted by atomic mass is 10.1. The topological polar surface area (TPSA) is 60.9 Å². The third-order valence-corrected chi connectivity index (χ3v) is 5.24. The van der Waals surface area contributed by atoms with E-state index in [1.165, 1.54) is 28.3 Å². The molecular weight excluding hydrogens is 400 g/mol. The number of hydrogen-bond acceptors (Lipinski definition) is 6. The van der Waals surface area contributed by atoms with E-state index in [1.54, 1.807) is 6.20 Å². The van der Waals surface area contributed by atoms with Crippen LogP contribution in [0, 0.1) is 13.8 Å². The summed E-state index contributed by atoms with van der Waals surface area (Å²) in [6.07, 6.45) is 1.78. The lowest BCUT2D eigenvalue weighted by Crippen LogP contribution is -2.25. The Kier molecular flexibility index (Phi) is 5.39. The number of hydrogen-bond donors (Lipinski definition) is 1. The van der Waals surface area contributed by atoms with Gasteiger partial charge >= 0.3 is 0 Å². The molecule has 0 bridgehead atoms. The fourth-order valence-electron chi connectivity index (χ4n) is 2.86. The van der Waals surface area contributed by atoms with E-state index in [9.17, 15) is 0 Å². The van der Waals surface area contributed by atoms with E-state index in [0.29, 0.717) is 6.54 Å². The van der Waals surface area contributed by atoms with Gasteiger partial charge in [0.05, 0.1) is 18.8 Å². The van der Waals surface area contributed by atoms with E-state index in [1.807, 2.05) is 25.1 Å². The zero-order valence-electron chi connectivity index (χ0n) is 14.7. The Morgan fingerprint density at radius 2 is 1.88 bits per heavy atom. The Hall–Kier alpha value is -1.93. The molecule has 0 amide bonds. The number of aryl methyl sites for hydroxylation is 2. The predicted octanol–water partition coefficient (Wildman–Crippen LogP) is 3.91. The van der Waals surface area contributed by atoms with Crippen LogP contribution in [0.15, 0.2) is 28.9 Å². The van der Waals surface area contributed by atoms with Crippen molar-refractivity contribution in [3.8, 4) is 0 Å². The molecule has 0 saturated heterocycles. The van der Waals surface area contributed by atoms with Gasteiger partial charge in [0.15, 0.2) is 5.82 Å². The molecule has 6 nitrogen and oxygen atoms in total. The van der Waals surface area contributed by atoms with Crippen LogP contribution in [0.1, 0.15) is 22.6 Å². The molecule has 0 aliphatic carbocycles. The van der Waals surface area contributed by atoms with Gasteiger partial charge in [0.2, 0.25) is 5.13 Å². The van der Waals surface area contributed by atoms with Crippen LogP contribution in [-0.4, -0.2) is 33.7 Å². The molecule has 1 aromatic carbocycles. The van der Waals surface area contributed by atoms with Crippen molar-refractivity contribution in [3.05, 3.63) is 51.5 Å². The van der Waals surface area contributed by atoms with Gasteiger partial charge in [0.25, 0.3) is 0 Å². The molecule has 0 aliphatic rings. The van der Waals surface area contributed by atoms with Crippen LogP contribution in [0.25, 0.3) is 0 Å². The zero-order valence-corrected chi connectivity index (χ0v) is 17.1. The van der Waals surface area contributed by atoms with Crippen molar-refractivity contribution in [2.75, 3.05) is 23.9 Å². The lowest BCUT2D eigenvalue weighted by molar-refractivity contribution is 0.745. The van der Waals surface area contributed by atoms with Crippen molar-refractivity contribution in [1.29, 1.82) is 0 Å². The van der Waals surface area contributed by atoms with E-state index in [-0.39, 0.29) is 0 Å². The maximum absolute atomic E-state index is 4.64. The standard InChI is InChI=1S/C17H21BrN6S/c1-11-7-13(18)8-12(2)16(11)24(9-14-5-6-19-21-14)10-15-20-17(23(3)4)25-22-15/h5-8H,9-10H2,1-4H3,(H,19,21). The maximum Gasteiger partial charge on any atom is 0.204 e. The van der Waals surface area contributed by atoms with E-state index in [0.717, 1.165) is 27.7 Å². The minimum atomic E-state index is 0.646. The van der Waals surface area contributed by atoms with E-state index in [4.69, 9.17) is 0 Å². The zero-order chi connectivity index (χ0) is 18.0. The first-order chi connectivity index (χ1) is 11.9. The Morgan fingerprint density at radius 1 is 1.16 bits per heavy atom. The number of halogens is 1. The molecule has 0 atom stereocenters. The summed E-state index contributed by atoms with van der Waals surface area (Å²) >= 11 is 5.00. The van der Waals surface area contributed by atoms with Crippen molar-refractivity contribution < 1.29 is 0 Å². The number of rotatable bonds is 6. The van der Waals surface area contributed by atoms with Crippen molar-refractivity contribution >= 4 is 38.3 Å². The van der Waals surface area contributed by atoms with Crippen LogP contribution in [0.5, 0.6) is 0 Å². The second-order valence-corrected chi connectivity index (χ2v) is 7.86. The lowest BCUT2D eigenvalue weighted by Gasteiger charge is -2.27. The Morgan fingerprint density at radius 3 is 2.44 bits per heavy atom. The monoisotopic (exact) mass is 420 g/mol. The van der Waals surface area contributed by atoms with Gasteiger partial charge in [-0.05, 0) is 43.2 Å². The predicted molar refractivity (Wildman–Crippen MR) is 106 cm³/mol. The van der Waals surface area contributed by atoms with Crippen LogP contribution in [0.4, 0.5) is 10.8 Å². The van der Waals surface area contributed by atoms with E-state index < -0.39 is 0 Å². The highest BCUT2D eigenvalue weighted by molar-refractivity contribution is 9.10. The van der Waals surface area contributed by atoms with Gasteiger partial charge in [-0.15, -0.1) is 0 Å². The average Bonchev–Trinajstić information content (AvgIpc) is 3.17. The highest BCUT2D eigenvalue weighted by Gasteiger charge is 2.17. The number of H-pyrrole nitrogens is 1. The summed E-state index contributed by atoms with van der Waals surface area (Å²) < 4.78 is 5.61. The van der Waals surface area contributed by atoms with Gasteiger partial charge < -0.3 is 9.80 Å². The summed E-state index contributed by atoms with van der Waals surface area (Å²) in [5.41, 5.74) is 4.70. The van der Waals surface area contributed by atoms with Gasteiger partial charge in [0, 0.05) is 42.0 Å². The molecule has 0 unspecified atom stereocenters. The molecular formula is C17H21BrN6S. The smallest absolute Gasteiger partial charge is 0.204 e. The first kappa shape index (κ1) is 17.9. The summed E-state index contributed by atoms with van der Waals surface area (Å²) in [6, 6.07) is 6.28. The quantitative estimate of drug-likeness (QED) is 0.654. The second kappa shape index (κ2) is 7.53. The first-order valence-electron chi connectivity index (χ1n) is 7.94. The average molecular weight is 421 g/mol. The number of aromatic amines is 1. The maximum atomic E-state index is 4.64. The first-order valence-corrected chi connectivity index (χ1v) is 9.50. The molecule has 3 rings (SSSR count). The number of nitrogens with one attached hydrogen (secondary N) is 1. The number of benzene rings is 1. The van der Waals surface area contributed by atoms with Gasteiger partial charge in [0.1, 0.15) is 0 Å². The molecule has 25 heavy (non-hydrogen) atoms. The summed E-state index contributed by atoms with van der Waals surface area (Å²) in [4.78, 5) is 8.92. The fourth-order valence-corrected chi connectivity index (χ4v) is 4.14. The Labute approximate surface area is 160 Å². The molecule has 0 saturated carbocycles. The number of nitrogens with zero attached hydrogens (tertiary/aromatic N) is 5. The third kappa shape index (κ3) is 4.19. The summed E-state index contributed by atoms with van der Waals surface area (Å²) in [5, 5.41) is 8.03. The van der Waals surface area contributed by atoms with Crippen molar-refractivity contribution in [2.24, 2.45) is 0 Å². The van der Waals surface area contributed by atoms with Crippen LogP contribution >= 0.6 is 27.5 Å². The minimum absolute atomic E-state index is 0.646. The van der Waals surface area contributed by atoms with Crippen LogP contribution in [0.2, 0.25) is 0 Å². The molecule has 0 fully saturated rings. The van der Waals surface area contributed by atoms with Crippen molar-refractivity contribution in [2.45, 2.75) is 26.9 Å². The normalized spacial score (nSPS) is 10.9. The Balaban J connectivity index is 1.95. The van der Waals surface area contributed by atoms with Gasteiger partial charge in [-0.25, -0.2) is 4.98 Å². The third-order valence-electron chi connectivity index (χ3n) is 3.86. The van der Waals surface area contributed by atoms with Gasteiger partial charge in [-0.1, -0.05) is 15.9 Å². The van der Waals surface area contributed by atoms with Crippen molar-refractivity contribution in [1.82, 2.24) is 19.6 Å². The van der Waals surface area contributed by atoms with Crippen LogP contribution < -0.4 is 9.80 Å².